The van der Waals surface area contributed by atoms with Gasteiger partial charge in [-0.3, -0.25) is 0 Å². The number of rotatable bonds is 6. The maximum Gasteiger partial charge on any atom is 0.0461 e. The fraction of sp³-hybridized carbons (Fsp3) is 0.170. The molecule has 51 heavy (non-hydrogen) atoms. The van der Waals surface area contributed by atoms with E-state index in [9.17, 15) is 0 Å². The summed E-state index contributed by atoms with van der Waals surface area (Å²) in [4.78, 5) is 0. The van der Waals surface area contributed by atoms with Gasteiger partial charge in [0.15, 0.2) is 0 Å². The minimum atomic E-state index is -0.192. The second kappa shape index (κ2) is 21.7. The Balaban J connectivity index is 0.000000214. The van der Waals surface area contributed by atoms with Gasteiger partial charge in [-0.05, 0) is 12.1 Å². The normalized spacial score (nSPS) is 12.9. The van der Waals surface area contributed by atoms with Gasteiger partial charge in [0.2, 0.25) is 0 Å². The standard InChI is InChI=1S/C26H27N3.3C7H7.Hf/c1-3-11-20(12-4-1)19-27-26(28-21-13-5-2-6-14-21)29-24-17-9-7-15-22(24)23-16-8-10-18-25(23)29;3*1-7-5-3-2-4-6-7;/h1,3-4,7-12,15-18,21,26H,2,5-6,13-14,19H2;3*2-6H,1H2;/q-2;3*-1;. The van der Waals surface area contributed by atoms with E-state index in [0.717, 1.165) is 16.7 Å². The Morgan fingerprint density at radius 3 is 1.25 bits per heavy atom. The second-order valence-electron chi connectivity index (χ2n) is 12.5. The Labute approximate surface area is 324 Å². The van der Waals surface area contributed by atoms with Gasteiger partial charge in [-0.25, -0.2) is 0 Å². The topological polar surface area (TPSA) is 33.1 Å². The molecule has 1 unspecified atom stereocenters. The molecule has 1 heterocycles. The van der Waals surface area contributed by atoms with Crippen molar-refractivity contribution in [2.24, 2.45) is 0 Å². The van der Waals surface area contributed by atoms with E-state index in [1.807, 2.05) is 91.0 Å². The Bertz CT molecular complexity index is 1790. The molecule has 0 amide bonds. The number of nitrogens with zero attached hydrogens (tertiary/aromatic N) is 3. The molecule has 1 atom stereocenters. The third kappa shape index (κ3) is 12.7. The quantitative estimate of drug-likeness (QED) is 0.118. The van der Waals surface area contributed by atoms with Crippen molar-refractivity contribution in [2.75, 3.05) is 0 Å². The van der Waals surface area contributed by atoms with Crippen molar-refractivity contribution < 1.29 is 25.8 Å². The predicted molar refractivity (Wildman–Crippen MR) is 215 cm³/mol. The third-order valence-electron chi connectivity index (χ3n) is 8.58. The van der Waals surface area contributed by atoms with Gasteiger partial charge >= 0.3 is 0 Å². The van der Waals surface area contributed by atoms with E-state index in [0.29, 0.717) is 12.6 Å². The van der Waals surface area contributed by atoms with E-state index in [4.69, 9.17) is 10.6 Å². The van der Waals surface area contributed by atoms with Crippen LogP contribution in [0.2, 0.25) is 0 Å². The summed E-state index contributed by atoms with van der Waals surface area (Å²) in [7, 11) is 0. The van der Waals surface area contributed by atoms with Gasteiger partial charge in [0.1, 0.15) is 0 Å². The number of hydrogen-bond donors (Lipinski definition) is 0. The smallest absolute Gasteiger partial charge is 0.0461 e. The van der Waals surface area contributed by atoms with E-state index in [2.05, 4.69) is 104 Å². The van der Waals surface area contributed by atoms with Crippen LogP contribution in [0.15, 0.2) is 170 Å². The summed E-state index contributed by atoms with van der Waals surface area (Å²) < 4.78 is 2.35. The van der Waals surface area contributed by atoms with Crippen LogP contribution in [-0.4, -0.2) is 10.6 Å². The van der Waals surface area contributed by atoms with Gasteiger partial charge in [0, 0.05) is 47.6 Å². The van der Waals surface area contributed by atoms with Gasteiger partial charge in [0.05, 0.1) is 0 Å². The average molecular weight is 833 g/mol. The number of fused-ring (bicyclic) bond motifs is 3. The summed E-state index contributed by atoms with van der Waals surface area (Å²) in [6.07, 6.45) is 6.10. The molecule has 0 aliphatic heterocycles. The molecule has 260 valence electrons. The van der Waals surface area contributed by atoms with Crippen molar-refractivity contribution >= 4 is 21.8 Å². The number of hydrogen-bond acceptors (Lipinski definition) is 0. The molecule has 0 saturated heterocycles. The van der Waals surface area contributed by atoms with Crippen LogP contribution in [-0.2, 0) is 32.4 Å². The third-order valence-corrected chi connectivity index (χ3v) is 8.58. The van der Waals surface area contributed by atoms with E-state index in [-0.39, 0.29) is 32.1 Å². The number of benzene rings is 6. The SMILES string of the molecule is [CH2-]c1ccccc1.[CH2-]c1ccccc1.[CH2-]c1ccccc1.[Hf].c1ccc(C[N-]C([N-]C2CCCCC2)n2c3ccccc3c3ccccc32)cc1. The first-order valence-corrected chi connectivity index (χ1v) is 17.6. The first kappa shape index (κ1) is 39.3. The molecule has 0 bridgehead atoms. The van der Waals surface area contributed by atoms with Crippen molar-refractivity contribution in [2.45, 2.75) is 51.0 Å². The van der Waals surface area contributed by atoms with E-state index in [1.54, 1.807) is 0 Å². The van der Waals surface area contributed by atoms with Crippen molar-refractivity contribution in [1.82, 2.24) is 4.57 Å². The second-order valence-corrected chi connectivity index (χ2v) is 12.5. The maximum absolute atomic E-state index is 5.29. The molecular formula is C47H48HfN3-5. The molecule has 1 fully saturated rings. The minimum absolute atomic E-state index is 0. The molecule has 1 aliphatic carbocycles. The van der Waals surface area contributed by atoms with Crippen LogP contribution in [0.5, 0.6) is 0 Å². The Kier molecular flexibility index (Phi) is 16.7. The van der Waals surface area contributed by atoms with Crippen LogP contribution >= 0.6 is 0 Å². The molecule has 0 spiro atoms. The zero-order chi connectivity index (χ0) is 34.8. The van der Waals surface area contributed by atoms with Gasteiger partial charge in [-0.1, -0.05) is 123 Å². The van der Waals surface area contributed by atoms with Gasteiger partial charge < -0.3 is 15.2 Å². The predicted octanol–water partition coefficient (Wildman–Crippen LogP) is 13.1. The fourth-order valence-corrected chi connectivity index (χ4v) is 6.02. The number of aromatic nitrogens is 1. The Morgan fingerprint density at radius 2 is 0.863 bits per heavy atom. The van der Waals surface area contributed by atoms with E-state index in [1.165, 1.54) is 59.5 Å². The van der Waals surface area contributed by atoms with Crippen molar-refractivity contribution in [3.8, 4) is 0 Å². The summed E-state index contributed by atoms with van der Waals surface area (Å²) in [5.74, 6) is 0. The first-order valence-electron chi connectivity index (χ1n) is 17.6. The van der Waals surface area contributed by atoms with Crippen molar-refractivity contribution in [3.05, 3.63) is 224 Å². The zero-order valence-corrected chi connectivity index (χ0v) is 33.1. The maximum atomic E-state index is 5.29. The first-order chi connectivity index (χ1) is 24.6. The van der Waals surface area contributed by atoms with Crippen LogP contribution in [0.1, 0.15) is 60.6 Å². The van der Waals surface area contributed by atoms with E-state index >= 15 is 0 Å². The molecule has 0 N–H and O–H groups in total. The summed E-state index contributed by atoms with van der Waals surface area (Å²) >= 11 is 0. The van der Waals surface area contributed by atoms with Gasteiger partial charge in [0.25, 0.3) is 0 Å². The largest absolute Gasteiger partial charge is 0.658 e. The molecule has 0 radical (unpaired) electrons. The molecule has 1 aliphatic rings. The molecule has 7 aromatic rings. The van der Waals surface area contributed by atoms with Crippen molar-refractivity contribution in [1.29, 1.82) is 0 Å². The van der Waals surface area contributed by atoms with Crippen LogP contribution in [0, 0.1) is 20.8 Å². The molecule has 1 saturated carbocycles. The number of para-hydroxylation sites is 2. The van der Waals surface area contributed by atoms with Crippen LogP contribution in [0.4, 0.5) is 0 Å². The zero-order valence-electron chi connectivity index (χ0n) is 29.5. The monoisotopic (exact) mass is 834 g/mol. The van der Waals surface area contributed by atoms with Crippen LogP contribution in [0.25, 0.3) is 32.4 Å². The van der Waals surface area contributed by atoms with Crippen molar-refractivity contribution in [3.63, 3.8) is 0 Å². The summed E-state index contributed by atoms with van der Waals surface area (Å²) in [6.45, 7) is 11.8. The summed E-state index contributed by atoms with van der Waals surface area (Å²) in [5.41, 5.74) is 6.88. The molecule has 3 nitrogen and oxygen atoms in total. The van der Waals surface area contributed by atoms with Gasteiger partial charge in [-0.15, -0.1) is 49.0 Å². The minimum Gasteiger partial charge on any atom is -0.658 e. The van der Waals surface area contributed by atoms with Crippen LogP contribution in [0.3, 0.4) is 0 Å². The molecule has 8 rings (SSSR count). The Hall–Kier alpha value is -4.48. The summed E-state index contributed by atoms with van der Waals surface area (Å²) in [5, 5.41) is 13.0. The van der Waals surface area contributed by atoms with Gasteiger partial charge in [-0.2, -0.15) is 80.1 Å². The fourth-order valence-electron chi connectivity index (χ4n) is 6.02. The molecule has 1 aromatic heterocycles. The molecule has 6 aromatic carbocycles. The Morgan fingerprint density at radius 1 is 0.490 bits per heavy atom. The van der Waals surface area contributed by atoms with E-state index < -0.39 is 0 Å². The molecule has 4 heteroatoms. The average Bonchev–Trinajstić information content (AvgIpc) is 3.50. The molecular weight excluding hydrogens is 785 g/mol. The van der Waals surface area contributed by atoms with Crippen LogP contribution < -0.4 is 0 Å². The summed E-state index contributed by atoms with van der Waals surface area (Å²) in [6, 6.07) is 57.9.